The molecule has 3 aromatic rings. The molecule has 1 fully saturated rings. The lowest BCUT2D eigenvalue weighted by Crippen LogP contribution is -2.38. The Morgan fingerprint density at radius 3 is 2.71 bits per heavy atom. The second-order valence-corrected chi connectivity index (χ2v) is 7.47. The number of amides is 1. The fourth-order valence-electron chi connectivity index (χ4n) is 3.54. The summed E-state index contributed by atoms with van der Waals surface area (Å²) in [5.74, 6) is -0.139. The number of ether oxygens (including phenoxy) is 1. The minimum absolute atomic E-state index is 0.00390. The smallest absolute Gasteiger partial charge is 0.254 e. The van der Waals surface area contributed by atoms with Gasteiger partial charge in [0.1, 0.15) is 0 Å². The summed E-state index contributed by atoms with van der Waals surface area (Å²) in [7, 11) is 0. The van der Waals surface area contributed by atoms with Gasteiger partial charge < -0.3 is 14.6 Å². The summed E-state index contributed by atoms with van der Waals surface area (Å²) < 4.78 is 5.73. The fraction of sp³-hybridized carbons (Fsp3) is 0.273. The van der Waals surface area contributed by atoms with Crippen LogP contribution in [0.5, 0.6) is 0 Å². The number of hydrogen-bond acceptors (Lipinski definition) is 3. The molecule has 28 heavy (non-hydrogen) atoms. The summed E-state index contributed by atoms with van der Waals surface area (Å²) >= 11 is 5.95. The first kappa shape index (κ1) is 18.7. The van der Waals surface area contributed by atoms with E-state index >= 15 is 0 Å². The average molecular weight is 397 g/mol. The zero-order valence-corrected chi connectivity index (χ0v) is 16.1. The van der Waals surface area contributed by atoms with Gasteiger partial charge in [-0.15, -0.1) is 0 Å². The van der Waals surface area contributed by atoms with Gasteiger partial charge in [-0.25, -0.2) is 0 Å². The summed E-state index contributed by atoms with van der Waals surface area (Å²) in [5, 5.41) is 1.52. The molecule has 2 heterocycles. The van der Waals surface area contributed by atoms with Crippen LogP contribution in [0.25, 0.3) is 10.9 Å². The van der Waals surface area contributed by atoms with Crippen LogP contribution in [0, 0.1) is 0 Å². The van der Waals surface area contributed by atoms with Gasteiger partial charge in [-0.05, 0) is 54.6 Å². The lowest BCUT2D eigenvalue weighted by atomic mass is 10.1. The second kappa shape index (κ2) is 8.17. The number of para-hydroxylation sites is 1. The molecule has 6 heteroatoms. The molecule has 0 bridgehead atoms. The summed E-state index contributed by atoms with van der Waals surface area (Å²) in [6.07, 6.45) is 1.90. The van der Waals surface area contributed by atoms with Crippen molar-refractivity contribution in [2.75, 3.05) is 13.2 Å². The van der Waals surface area contributed by atoms with Gasteiger partial charge in [0.15, 0.2) is 0 Å². The summed E-state index contributed by atoms with van der Waals surface area (Å²) in [6.45, 7) is 1.39. The largest absolute Gasteiger partial charge is 0.376 e. The molecule has 1 aromatic heterocycles. The molecule has 1 atom stereocenters. The molecule has 1 aliphatic heterocycles. The molecule has 2 aromatic carbocycles. The Morgan fingerprint density at radius 1 is 1.18 bits per heavy atom. The van der Waals surface area contributed by atoms with Crippen molar-refractivity contribution in [2.45, 2.75) is 25.5 Å². The quantitative estimate of drug-likeness (QED) is 0.709. The topological polar surface area (TPSA) is 62.4 Å². The number of rotatable bonds is 5. The molecule has 0 saturated carbocycles. The first-order valence-corrected chi connectivity index (χ1v) is 9.75. The van der Waals surface area contributed by atoms with E-state index < -0.39 is 0 Å². The fourth-order valence-corrected chi connectivity index (χ4v) is 3.67. The minimum atomic E-state index is -0.181. The Hall–Kier alpha value is -2.63. The number of aromatic nitrogens is 1. The standard InChI is InChI=1S/C22H21ClN2O3/c23-18-9-7-15(8-10-18)22(27)25(14-19-5-3-11-28-19)13-17-12-16-4-1-2-6-20(16)24-21(17)26/h1-2,4,6-10,12,19H,3,5,11,13-14H2,(H,24,26)/t19-/m0/s1. The van der Waals surface area contributed by atoms with Crippen molar-refractivity contribution in [3.63, 3.8) is 0 Å². The number of carbonyl (C=O) groups excluding carboxylic acids is 1. The molecular weight excluding hydrogens is 376 g/mol. The number of pyridine rings is 1. The van der Waals surface area contributed by atoms with Crippen molar-refractivity contribution in [3.8, 4) is 0 Å². The van der Waals surface area contributed by atoms with Crippen LogP contribution < -0.4 is 5.56 Å². The van der Waals surface area contributed by atoms with E-state index in [1.165, 1.54) is 0 Å². The number of nitrogens with zero attached hydrogens (tertiary/aromatic N) is 1. The Labute approximate surface area is 167 Å². The molecule has 1 N–H and O–H groups in total. The van der Waals surface area contributed by atoms with Crippen molar-refractivity contribution in [1.82, 2.24) is 9.88 Å². The van der Waals surface area contributed by atoms with Crippen LogP contribution in [0.1, 0.15) is 28.8 Å². The maximum atomic E-state index is 13.1. The third-order valence-electron chi connectivity index (χ3n) is 5.02. The number of nitrogens with one attached hydrogen (secondary N) is 1. The molecule has 5 nitrogen and oxygen atoms in total. The van der Waals surface area contributed by atoms with Gasteiger partial charge in [-0.2, -0.15) is 0 Å². The highest BCUT2D eigenvalue weighted by atomic mass is 35.5. The number of hydrogen-bond donors (Lipinski definition) is 1. The highest BCUT2D eigenvalue weighted by Crippen LogP contribution is 2.19. The van der Waals surface area contributed by atoms with Gasteiger partial charge in [0, 0.05) is 34.8 Å². The van der Waals surface area contributed by atoms with Crippen LogP contribution in [-0.4, -0.2) is 35.0 Å². The summed E-state index contributed by atoms with van der Waals surface area (Å²) in [6, 6.07) is 16.3. The molecule has 1 amide bonds. The van der Waals surface area contributed by atoms with Gasteiger partial charge in [0.05, 0.1) is 12.6 Å². The van der Waals surface area contributed by atoms with Crippen LogP contribution in [0.4, 0.5) is 0 Å². The lowest BCUT2D eigenvalue weighted by molar-refractivity contribution is 0.0506. The number of H-pyrrole nitrogens is 1. The molecule has 0 spiro atoms. The van der Waals surface area contributed by atoms with Crippen molar-refractivity contribution in [2.24, 2.45) is 0 Å². The maximum absolute atomic E-state index is 13.1. The third-order valence-corrected chi connectivity index (χ3v) is 5.27. The van der Waals surface area contributed by atoms with Gasteiger partial charge in [0.2, 0.25) is 0 Å². The van der Waals surface area contributed by atoms with Crippen molar-refractivity contribution in [3.05, 3.63) is 81.1 Å². The SMILES string of the molecule is O=C(c1ccc(Cl)cc1)N(Cc1cc2ccccc2[nH]c1=O)C[C@@H]1CCCO1. The van der Waals surface area contributed by atoms with Gasteiger partial charge in [-0.3, -0.25) is 9.59 Å². The highest BCUT2D eigenvalue weighted by Gasteiger charge is 2.24. The van der Waals surface area contributed by atoms with Crippen molar-refractivity contribution >= 4 is 28.4 Å². The monoisotopic (exact) mass is 396 g/mol. The van der Waals surface area contributed by atoms with Crippen LogP contribution in [-0.2, 0) is 11.3 Å². The van der Waals surface area contributed by atoms with E-state index in [9.17, 15) is 9.59 Å². The predicted octanol–water partition coefficient (Wildman–Crippen LogP) is 4.00. The van der Waals surface area contributed by atoms with Crippen molar-refractivity contribution < 1.29 is 9.53 Å². The van der Waals surface area contributed by atoms with Gasteiger partial charge in [-0.1, -0.05) is 29.8 Å². The third kappa shape index (κ3) is 4.11. The number of aromatic amines is 1. The van der Waals surface area contributed by atoms with Crippen LogP contribution in [0.2, 0.25) is 5.02 Å². The molecular formula is C22H21ClN2O3. The zero-order chi connectivity index (χ0) is 19.5. The molecule has 0 radical (unpaired) electrons. The number of fused-ring (bicyclic) bond motifs is 1. The van der Waals surface area contributed by atoms with E-state index in [1.807, 2.05) is 30.3 Å². The predicted molar refractivity (Wildman–Crippen MR) is 110 cm³/mol. The normalized spacial score (nSPS) is 16.4. The Morgan fingerprint density at radius 2 is 1.96 bits per heavy atom. The number of carbonyl (C=O) groups is 1. The van der Waals surface area contributed by atoms with E-state index in [0.29, 0.717) is 29.3 Å². The zero-order valence-electron chi connectivity index (χ0n) is 15.4. The number of halogens is 1. The van der Waals surface area contributed by atoms with E-state index in [2.05, 4.69) is 4.98 Å². The van der Waals surface area contributed by atoms with Crippen LogP contribution in [0.15, 0.2) is 59.4 Å². The lowest BCUT2D eigenvalue weighted by Gasteiger charge is -2.25. The van der Waals surface area contributed by atoms with E-state index in [1.54, 1.807) is 29.2 Å². The Kier molecular flexibility index (Phi) is 5.46. The Bertz CT molecular complexity index is 1040. The molecule has 0 unspecified atom stereocenters. The molecule has 1 saturated heterocycles. The highest BCUT2D eigenvalue weighted by molar-refractivity contribution is 6.30. The molecule has 1 aliphatic rings. The van der Waals surface area contributed by atoms with E-state index in [4.69, 9.17) is 16.3 Å². The van der Waals surface area contributed by atoms with E-state index in [-0.39, 0.29) is 24.1 Å². The first-order chi connectivity index (χ1) is 13.6. The van der Waals surface area contributed by atoms with Crippen LogP contribution in [0.3, 0.4) is 0 Å². The van der Waals surface area contributed by atoms with Crippen molar-refractivity contribution in [1.29, 1.82) is 0 Å². The van der Waals surface area contributed by atoms with Crippen LogP contribution >= 0.6 is 11.6 Å². The molecule has 4 rings (SSSR count). The summed E-state index contributed by atoms with van der Waals surface area (Å²) in [4.78, 5) is 30.3. The molecule has 144 valence electrons. The summed E-state index contributed by atoms with van der Waals surface area (Å²) in [5.41, 5.74) is 1.70. The average Bonchev–Trinajstić information content (AvgIpc) is 3.21. The van der Waals surface area contributed by atoms with E-state index in [0.717, 1.165) is 23.7 Å². The van der Waals surface area contributed by atoms with Gasteiger partial charge in [0.25, 0.3) is 11.5 Å². The second-order valence-electron chi connectivity index (χ2n) is 7.04. The first-order valence-electron chi connectivity index (χ1n) is 9.37. The Balaban J connectivity index is 1.65. The maximum Gasteiger partial charge on any atom is 0.254 e. The number of benzene rings is 2. The minimum Gasteiger partial charge on any atom is -0.376 e. The molecule has 0 aliphatic carbocycles. The van der Waals surface area contributed by atoms with Gasteiger partial charge >= 0.3 is 0 Å².